The number of hydrogen-bond acceptors (Lipinski definition) is 1. The van der Waals surface area contributed by atoms with Gasteiger partial charge in [-0.2, -0.15) is 0 Å². The van der Waals surface area contributed by atoms with E-state index in [4.69, 9.17) is 0 Å². The van der Waals surface area contributed by atoms with Crippen molar-refractivity contribution in [3.05, 3.63) is 23.5 Å². The van der Waals surface area contributed by atoms with E-state index in [-0.39, 0.29) is 5.41 Å². The molecule has 0 radical (unpaired) electrons. The zero-order valence-corrected chi connectivity index (χ0v) is 18.3. The van der Waals surface area contributed by atoms with Crippen molar-refractivity contribution in [3.63, 3.8) is 0 Å². The van der Waals surface area contributed by atoms with Crippen LogP contribution in [0.4, 0.5) is 0 Å². The zero-order valence-electron chi connectivity index (χ0n) is 18.3. The quantitative estimate of drug-likeness (QED) is 0.306. The summed E-state index contributed by atoms with van der Waals surface area (Å²) >= 11 is 0. The van der Waals surface area contributed by atoms with Gasteiger partial charge >= 0.3 is 0 Å². The second-order valence-electron chi connectivity index (χ2n) is 9.47. The third kappa shape index (κ3) is 10.4. The second kappa shape index (κ2) is 13.4. The number of aliphatic hydroxyl groups is 1. The minimum Gasteiger partial charge on any atom is -0.512 e. The highest BCUT2D eigenvalue weighted by atomic mass is 16.3. The molecule has 152 valence electrons. The molecule has 1 aliphatic rings. The van der Waals surface area contributed by atoms with Crippen molar-refractivity contribution < 1.29 is 5.11 Å². The van der Waals surface area contributed by atoms with Gasteiger partial charge in [0.2, 0.25) is 0 Å². The first-order valence-electron chi connectivity index (χ1n) is 11.6. The molecule has 0 aromatic heterocycles. The maximum absolute atomic E-state index is 10.3. The van der Waals surface area contributed by atoms with E-state index in [9.17, 15) is 5.11 Å². The molecule has 0 saturated heterocycles. The number of allylic oxidation sites excluding steroid dienone is 4. The highest BCUT2D eigenvalue weighted by Crippen LogP contribution is 2.35. The summed E-state index contributed by atoms with van der Waals surface area (Å²) in [6.45, 7) is 8.82. The zero-order chi connectivity index (χ0) is 19.3. The fourth-order valence-corrected chi connectivity index (χ4v) is 4.06. The molecule has 0 aromatic rings. The molecule has 1 unspecified atom stereocenters. The van der Waals surface area contributed by atoms with E-state index in [0.717, 1.165) is 12.0 Å². The van der Waals surface area contributed by atoms with Gasteiger partial charge in [-0.3, -0.25) is 0 Å². The van der Waals surface area contributed by atoms with Gasteiger partial charge in [0.05, 0.1) is 5.76 Å². The maximum Gasteiger partial charge on any atom is 0.0965 e. The van der Waals surface area contributed by atoms with Crippen molar-refractivity contribution in [3.8, 4) is 0 Å². The van der Waals surface area contributed by atoms with Crippen molar-refractivity contribution in [2.75, 3.05) is 0 Å². The fourth-order valence-electron chi connectivity index (χ4n) is 4.06. The maximum atomic E-state index is 10.3. The summed E-state index contributed by atoms with van der Waals surface area (Å²) in [5.74, 6) is 1.17. The largest absolute Gasteiger partial charge is 0.512 e. The van der Waals surface area contributed by atoms with Crippen molar-refractivity contribution in [1.29, 1.82) is 0 Å². The van der Waals surface area contributed by atoms with Gasteiger partial charge in [-0.1, -0.05) is 123 Å². The molecule has 1 nitrogen and oxygen atoms in total. The molecule has 0 fully saturated rings. The number of aliphatic hydroxyl groups excluding tert-OH is 1. The Bertz CT molecular complexity index is 410. The fraction of sp³-hybridized carbons (Fsp3) is 0.840. The smallest absolute Gasteiger partial charge is 0.0965 e. The third-order valence-electron chi connectivity index (χ3n) is 5.79. The van der Waals surface area contributed by atoms with Crippen LogP contribution >= 0.6 is 0 Å². The lowest BCUT2D eigenvalue weighted by atomic mass is 9.79. The van der Waals surface area contributed by atoms with Crippen LogP contribution in [0.25, 0.3) is 0 Å². The Labute approximate surface area is 164 Å². The third-order valence-corrected chi connectivity index (χ3v) is 5.79. The Morgan fingerprint density at radius 3 is 1.69 bits per heavy atom. The Morgan fingerprint density at radius 1 is 0.808 bits per heavy atom. The summed E-state index contributed by atoms with van der Waals surface area (Å²) in [6, 6.07) is 0. The molecule has 0 aliphatic heterocycles. The molecule has 0 spiro atoms. The minimum atomic E-state index is 0.0566. The van der Waals surface area contributed by atoms with Gasteiger partial charge < -0.3 is 5.11 Å². The number of rotatable bonds is 14. The first kappa shape index (κ1) is 23.3. The van der Waals surface area contributed by atoms with Crippen LogP contribution in [-0.2, 0) is 0 Å². The first-order chi connectivity index (χ1) is 12.4. The molecular weight excluding hydrogens is 316 g/mol. The SMILES string of the molecule is CCCCCCCCCCCCCCCC1C=CC(C(C)(C)C)=C(O)C1. The minimum absolute atomic E-state index is 0.0566. The van der Waals surface area contributed by atoms with Crippen LogP contribution in [0.1, 0.15) is 124 Å². The van der Waals surface area contributed by atoms with E-state index >= 15 is 0 Å². The topological polar surface area (TPSA) is 20.2 Å². The van der Waals surface area contributed by atoms with E-state index < -0.39 is 0 Å². The molecule has 0 amide bonds. The van der Waals surface area contributed by atoms with Gasteiger partial charge in [0, 0.05) is 6.42 Å². The molecule has 0 bridgehead atoms. The summed E-state index contributed by atoms with van der Waals surface area (Å²) in [5, 5.41) is 10.3. The molecule has 0 saturated carbocycles. The van der Waals surface area contributed by atoms with E-state index in [2.05, 4.69) is 39.8 Å². The predicted octanol–water partition coefficient (Wildman–Crippen LogP) is 8.90. The molecule has 1 aliphatic carbocycles. The lowest BCUT2D eigenvalue weighted by Crippen LogP contribution is -2.15. The average molecular weight is 363 g/mol. The van der Waals surface area contributed by atoms with Gasteiger partial charge in [0.1, 0.15) is 0 Å². The Hall–Kier alpha value is -0.720. The Balaban J connectivity index is 1.93. The van der Waals surface area contributed by atoms with Crippen LogP contribution in [0.2, 0.25) is 0 Å². The van der Waals surface area contributed by atoms with E-state index in [1.54, 1.807) is 0 Å². The van der Waals surface area contributed by atoms with Gasteiger partial charge in [0.15, 0.2) is 0 Å². The first-order valence-corrected chi connectivity index (χ1v) is 11.6. The second-order valence-corrected chi connectivity index (χ2v) is 9.47. The molecular formula is C25H46O. The molecule has 0 aromatic carbocycles. The van der Waals surface area contributed by atoms with Crippen LogP contribution in [0, 0.1) is 11.3 Å². The van der Waals surface area contributed by atoms with Gasteiger partial charge in [-0.05, 0) is 23.3 Å². The predicted molar refractivity (Wildman–Crippen MR) is 117 cm³/mol. The Morgan fingerprint density at radius 2 is 1.27 bits per heavy atom. The summed E-state index contributed by atoms with van der Waals surface area (Å²) in [6.07, 6.45) is 24.9. The van der Waals surface area contributed by atoms with Crippen LogP contribution in [0.15, 0.2) is 23.5 Å². The summed E-state index contributed by atoms with van der Waals surface area (Å²) in [7, 11) is 0. The molecule has 1 atom stereocenters. The highest BCUT2D eigenvalue weighted by Gasteiger charge is 2.23. The number of unbranched alkanes of at least 4 members (excludes halogenated alkanes) is 12. The monoisotopic (exact) mass is 362 g/mol. The van der Waals surface area contributed by atoms with E-state index in [0.29, 0.717) is 11.7 Å². The van der Waals surface area contributed by atoms with Crippen molar-refractivity contribution in [2.24, 2.45) is 11.3 Å². The van der Waals surface area contributed by atoms with Gasteiger partial charge in [-0.25, -0.2) is 0 Å². The molecule has 1 rings (SSSR count). The normalized spacial score (nSPS) is 17.9. The average Bonchev–Trinajstić information content (AvgIpc) is 2.58. The van der Waals surface area contributed by atoms with E-state index in [1.165, 1.54) is 89.9 Å². The molecule has 1 heteroatoms. The molecule has 26 heavy (non-hydrogen) atoms. The van der Waals surface area contributed by atoms with Gasteiger partial charge in [-0.15, -0.1) is 0 Å². The van der Waals surface area contributed by atoms with Crippen LogP contribution in [-0.4, -0.2) is 5.11 Å². The van der Waals surface area contributed by atoms with Gasteiger partial charge in [0.25, 0.3) is 0 Å². The van der Waals surface area contributed by atoms with Crippen LogP contribution in [0.5, 0.6) is 0 Å². The standard InChI is InChI=1S/C25H46O/c1-5-6-7-8-9-10-11-12-13-14-15-16-17-18-22-19-20-23(24(26)21-22)25(2,3)4/h19-20,22,26H,5-18,21H2,1-4H3. The Kier molecular flexibility index (Phi) is 12.1. The van der Waals surface area contributed by atoms with Crippen LogP contribution < -0.4 is 0 Å². The molecule has 0 heterocycles. The van der Waals surface area contributed by atoms with Crippen molar-refractivity contribution >= 4 is 0 Å². The van der Waals surface area contributed by atoms with Crippen molar-refractivity contribution in [1.82, 2.24) is 0 Å². The summed E-state index contributed by atoms with van der Waals surface area (Å²) in [4.78, 5) is 0. The summed E-state index contributed by atoms with van der Waals surface area (Å²) < 4.78 is 0. The van der Waals surface area contributed by atoms with Crippen LogP contribution in [0.3, 0.4) is 0 Å². The van der Waals surface area contributed by atoms with Crippen molar-refractivity contribution in [2.45, 2.75) is 124 Å². The van der Waals surface area contributed by atoms with E-state index in [1.807, 2.05) is 0 Å². The number of hydrogen-bond donors (Lipinski definition) is 1. The lowest BCUT2D eigenvalue weighted by Gasteiger charge is -2.27. The lowest BCUT2D eigenvalue weighted by molar-refractivity contribution is 0.328. The summed E-state index contributed by atoms with van der Waals surface area (Å²) in [5.41, 5.74) is 1.18. The highest BCUT2D eigenvalue weighted by molar-refractivity contribution is 5.31. The molecule has 1 N–H and O–H groups in total.